The third-order valence-electron chi connectivity index (χ3n) is 3.75. The van der Waals surface area contributed by atoms with Crippen molar-refractivity contribution in [3.63, 3.8) is 0 Å². The number of carbonyl (C=O) groups excluding carboxylic acids is 2. The van der Waals surface area contributed by atoms with Gasteiger partial charge in [-0.25, -0.2) is 4.79 Å². The van der Waals surface area contributed by atoms with Crippen LogP contribution >= 0.6 is 22.9 Å². The highest BCUT2D eigenvalue weighted by molar-refractivity contribution is 7.21. The van der Waals surface area contributed by atoms with Crippen LogP contribution in [0.3, 0.4) is 0 Å². The Balaban J connectivity index is 1.92. The Morgan fingerprint density at radius 2 is 1.88 bits per heavy atom. The fourth-order valence-electron chi connectivity index (χ4n) is 2.51. The molecule has 1 heterocycles. The van der Waals surface area contributed by atoms with E-state index in [9.17, 15) is 9.59 Å². The molecule has 0 aliphatic heterocycles. The maximum absolute atomic E-state index is 12.3. The minimum atomic E-state index is -0.500. The number of nitrogens with two attached hydrogens (primary N) is 1. The first-order valence-corrected chi connectivity index (χ1v) is 9.10. The topological polar surface area (TPSA) is 78.6 Å². The number of rotatable bonds is 6. The number of hydrogen-bond donors (Lipinski definition) is 1. The highest BCUT2D eigenvalue weighted by atomic mass is 35.5. The summed E-state index contributed by atoms with van der Waals surface area (Å²) in [5.74, 6) is -0.335. The van der Waals surface area contributed by atoms with Gasteiger partial charge in [-0.1, -0.05) is 23.7 Å². The summed E-state index contributed by atoms with van der Waals surface area (Å²) in [7, 11) is 0. The molecule has 3 rings (SSSR count). The molecule has 1 aromatic heterocycles. The van der Waals surface area contributed by atoms with Crippen molar-refractivity contribution < 1.29 is 19.1 Å². The number of thiophene rings is 1. The number of ether oxygens (including phenoxy) is 2. The Bertz CT molecular complexity index is 966. The first-order chi connectivity index (χ1) is 12.5. The molecule has 0 spiro atoms. The lowest BCUT2D eigenvalue weighted by atomic mass is 10.1. The summed E-state index contributed by atoms with van der Waals surface area (Å²) in [6.07, 6.45) is 0. The lowest BCUT2D eigenvalue weighted by Crippen LogP contribution is -2.10. The number of amides is 1. The van der Waals surface area contributed by atoms with Crippen LogP contribution in [0.25, 0.3) is 10.1 Å². The lowest BCUT2D eigenvalue weighted by Gasteiger charge is -2.08. The monoisotopic (exact) mass is 389 g/mol. The van der Waals surface area contributed by atoms with Gasteiger partial charge in [0.2, 0.25) is 5.91 Å². The average Bonchev–Trinajstić information content (AvgIpc) is 3.00. The molecule has 0 radical (unpaired) electrons. The fourth-order valence-corrected chi connectivity index (χ4v) is 3.91. The van der Waals surface area contributed by atoms with E-state index in [2.05, 4.69) is 0 Å². The number of carbonyl (C=O) groups is 2. The molecule has 0 aliphatic rings. The molecule has 0 saturated heterocycles. The smallest absolute Gasteiger partial charge is 0.348 e. The number of halogens is 1. The van der Waals surface area contributed by atoms with E-state index in [1.54, 1.807) is 37.3 Å². The van der Waals surface area contributed by atoms with Crippen molar-refractivity contribution in [3.8, 4) is 5.75 Å². The zero-order valence-electron chi connectivity index (χ0n) is 14.0. The van der Waals surface area contributed by atoms with Crippen LogP contribution in [0, 0.1) is 0 Å². The maximum atomic E-state index is 12.3. The van der Waals surface area contributed by atoms with Gasteiger partial charge in [0, 0.05) is 16.5 Å². The zero-order valence-corrected chi connectivity index (χ0v) is 15.5. The summed E-state index contributed by atoms with van der Waals surface area (Å²) in [6, 6.07) is 12.0. The largest absolute Gasteiger partial charge is 0.489 e. The molecule has 26 heavy (non-hydrogen) atoms. The van der Waals surface area contributed by atoms with Crippen LogP contribution in [-0.4, -0.2) is 18.5 Å². The zero-order chi connectivity index (χ0) is 18.7. The number of hydrogen-bond acceptors (Lipinski definition) is 5. The molecule has 0 fully saturated rings. The second-order valence-electron chi connectivity index (χ2n) is 5.42. The Hall–Kier alpha value is -2.57. The van der Waals surface area contributed by atoms with Crippen molar-refractivity contribution in [2.45, 2.75) is 13.5 Å². The summed E-state index contributed by atoms with van der Waals surface area (Å²) in [5.41, 5.74) is 6.36. The molecule has 0 bridgehead atoms. The van der Waals surface area contributed by atoms with Gasteiger partial charge in [0.05, 0.1) is 16.3 Å². The SMILES string of the molecule is CCOC(=O)c1sc2c(Cl)cccc2c1COc1ccc(C(N)=O)cc1. The van der Waals surface area contributed by atoms with Crippen molar-refractivity contribution in [1.82, 2.24) is 0 Å². The molecule has 2 N–H and O–H groups in total. The van der Waals surface area contributed by atoms with Crippen molar-refractivity contribution >= 4 is 44.9 Å². The van der Waals surface area contributed by atoms with E-state index in [-0.39, 0.29) is 13.2 Å². The Kier molecular flexibility index (Phi) is 5.44. The Morgan fingerprint density at radius 3 is 2.54 bits per heavy atom. The quantitative estimate of drug-likeness (QED) is 0.633. The van der Waals surface area contributed by atoms with Crippen LogP contribution in [0.5, 0.6) is 5.75 Å². The first-order valence-electron chi connectivity index (χ1n) is 7.91. The molecule has 134 valence electrons. The summed E-state index contributed by atoms with van der Waals surface area (Å²) >= 11 is 7.55. The third kappa shape index (κ3) is 3.66. The molecule has 0 atom stereocenters. The second-order valence-corrected chi connectivity index (χ2v) is 6.85. The summed E-state index contributed by atoms with van der Waals surface area (Å²) in [5, 5.41) is 1.44. The van der Waals surface area contributed by atoms with E-state index in [4.69, 9.17) is 26.8 Å². The van der Waals surface area contributed by atoms with Gasteiger partial charge >= 0.3 is 5.97 Å². The summed E-state index contributed by atoms with van der Waals surface area (Å²) in [4.78, 5) is 23.9. The maximum Gasteiger partial charge on any atom is 0.348 e. The van der Waals surface area contributed by atoms with Crippen molar-refractivity contribution in [2.24, 2.45) is 5.73 Å². The van der Waals surface area contributed by atoms with Gasteiger partial charge in [-0.2, -0.15) is 0 Å². The summed E-state index contributed by atoms with van der Waals surface area (Å²) < 4.78 is 11.8. The van der Waals surface area contributed by atoms with Crippen LogP contribution in [-0.2, 0) is 11.3 Å². The minimum Gasteiger partial charge on any atom is -0.489 e. The number of esters is 1. The average molecular weight is 390 g/mol. The molecule has 0 aliphatic carbocycles. The molecular formula is C19H16ClNO4S. The van der Waals surface area contributed by atoms with Gasteiger partial charge in [0.1, 0.15) is 17.2 Å². The van der Waals surface area contributed by atoms with Crippen LogP contribution < -0.4 is 10.5 Å². The van der Waals surface area contributed by atoms with Crippen LogP contribution in [0.4, 0.5) is 0 Å². The van der Waals surface area contributed by atoms with Crippen LogP contribution in [0.2, 0.25) is 5.02 Å². The minimum absolute atomic E-state index is 0.171. The normalized spacial score (nSPS) is 10.7. The van der Waals surface area contributed by atoms with Crippen LogP contribution in [0.1, 0.15) is 32.5 Å². The van der Waals surface area contributed by atoms with E-state index < -0.39 is 11.9 Å². The number of fused-ring (bicyclic) bond motifs is 1. The highest BCUT2D eigenvalue weighted by Gasteiger charge is 2.21. The highest BCUT2D eigenvalue weighted by Crippen LogP contribution is 2.37. The molecule has 0 saturated carbocycles. The van der Waals surface area contributed by atoms with E-state index in [1.165, 1.54) is 11.3 Å². The first kappa shape index (κ1) is 18.2. The molecule has 0 unspecified atom stereocenters. The molecule has 7 heteroatoms. The van der Waals surface area contributed by atoms with Crippen molar-refractivity contribution in [1.29, 1.82) is 0 Å². The lowest BCUT2D eigenvalue weighted by molar-refractivity contribution is 0.0529. The van der Waals surface area contributed by atoms with Gasteiger partial charge < -0.3 is 15.2 Å². The molecule has 5 nitrogen and oxygen atoms in total. The third-order valence-corrected chi connectivity index (χ3v) is 5.44. The molecule has 3 aromatic rings. The van der Waals surface area contributed by atoms with Gasteiger partial charge in [0.15, 0.2) is 0 Å². The fraction of sp³-hybridized carbons (Fsp3) is 0.158. The molecular weight excluding hydrogens is 374 g/mol. The second kappa shape index (κ2) is 7.76. The van der Waals surface area contributed by atoms with Crippen LogP contribution in [0.15, 0.2) is 42.5 Å². The number of benzene rings is 2. The van der Waals surface area contributed by atoms with Gasteiger partial charge in [-0.3, -0.25) is 4.79 Å². The van der Waals surface area contributed by atoms with Gasteiger partial charge in [-0.15, -0.1) is 11.3 Å². The summed E-state index contributed by atoms with van der Waals surface area (Å²) in [6.45, 7) is 2.22. The van der Waals surface area contributed by atoms with E-state index in [0.29, 0.717) is 21.2 Å². The standard InChI is InChI=1S/C19H16ClNO4S/c1-2-24-19(23)17-14(13-4-3-5-15(20)16(13)26-17)10-25-12-8-6-11(7-9-12)18(21)22/h3-9H,2,10H2,1H3,(H2,21,22). The Morgan fingerprint density at radius 1 is 1.15 bits per heavy atom. The number of primary amides is 1. The van der Waals surface area contributed by atoms with E-state index in [0.717, 1.165) is 15.6 Å². The predicted octanol–water partition coefficient (Wildman–Crippen LogP) is 4.41. The molecule has 2 aromatic carbocycles. The van der Waals surface area contributed by atoms with E-state index in [1.807, 2.05) is 12.1 Å². The van der Waals surface area contributed by atoms with Crippen molar-refractivity contribution in [2.75, 3.05) is 6.61 Å². The van der Waals surface area contributed by atoms with E-state index >= 15 is 0 Å². The predicted molar refractivity (Wildman–Crippen MR) is 102 cm³/mol. The van der Waals surface area contributed by atoms with Gasteiger partial charge in [-0.05, 0) is 37.3 Å². The Labute approximate surface area is 159 Å². The van der Waals surface area contributed by atoms with Crippen molar-refractivity contribution in [3.05, 3.63) is 63.5 Å². The molecule has 1 amide bonds. The van der Waals surface area contributed by atoms with Gasteiger partial charge in [0.25, 0.3) is 0 Å².